The Morgan fingerprint density at radius 2 is 1.85 bits per heavy atom. The number of aryl methyl sites for hydroxylation is 1. The molecule has 5 aliphatic rings. The van der Waals surface area contributed by atoms with Crippen LogP contribution in [0, 0.1) is 12.3 Å². The molecule has 2 amide bonds. The van der Waals surface area contributed by atoms with Gasteiger partial charge in [-0.05, 0) is 107 Å². The predicted molar refractivity (Wildman–Crippen MR) is 202 cm³/mol. The minimum absolute atomic E-state index is 0.0149. The van der Waals surface area contributed by atoms with E-state index in [-0.39, 0.29) is 36.4 Å². The number of halogens is 2. The number of nitrogens with one attached hydrogen (secondary N) is 3. The Morgan fingerprint density at radius 1 is 1.08 bits per heavy atom. The van der Waals surface area contributed by atoms with Gasteiger partial charge in [0.05, 0.1) is 28.4 Å². The van der Waals surface area contributed by atoms with E-state index in [1.54, 1.807) is 7.05 Å². The van der Waals surface area contributed by atoms with E-state index in [2.05, 4.69) is 62.4 Å². The minimum atomic E-state index is -2.53. The number of alkyl halides is 2. The number of imidazole rings is 1. The summed E-state index contributed by atoms with van der Waals surface area (Å²) in [7, 11) is 1.63. The van der Waals surface area contributed by atoms with Crippen molar-refractivity contribution in [1.29, 1.82) is 0 Å². The molecule has 278 valence electrons. The molecule has 3 N–H and O–H groups in total. The molecule has 10 nitrogen and oxygen atoms in total. The van der Waals surface area contributed by atoms with Crippen LogP contribution in [0.3, 0.4) is 0 Å². The summed E-state index contributed by atoms with van der Waals surface area (Å²) in [5, 5.41) is 9.71. The molecule has 0 unspecified atom stereocenters. The lowest BCUT2D eigenvalue weighted by Gasteiger charge is -2.46. The predicted octanol–water partition coefficient (Wildman–Crippen LogP) is 6.71. The summed E-state index contributed by atoms with van der Waals surface area (Å²) in [6.07, 6.45) is 6.44. The number of carbonyl (C=O) groups excluding carboxylic acids is 2. The monoisotopic (exact) mass is 722 g/mol. The highest BCUT2D eigenvalue weighted by Gasteiger charge is 2.73. The van der Waals surface area contributed by atoms with Crippen LogP contribution in [-0.2, 0) is 10.2 Å². The Hall–Kier alpha value is -4.42. The van der Waals surface area contributed by atoms with Crippen LogP contribution in [0.5, 0.6) is 0 Å². The van der Waals surface area contributed by atoms with Crippen LogP contribution < -0.4 is 20.9 Å². The molecule has 3 aliphatic heterocycles. The number of fused-ring (bicyclic) bond motifs is 3. The van der Waals surface area contributed by atoms with Gasteiger partial charge in [-0.3, -0.25) is 14.5 Å². The first-order chi connectivity index (χ1) is 25.5. The lowest BCUT2D eigenvalue weighted by Crippen LogP contribution is -2.57. The first kappa shape index (κ1) is 34.4. The molecule has 4 aromatic rings. The smallest absolute Gasteiger partial charge is 0.255 e. The molecular weight excluding hydrogens is 675 g/mol. The number of hydrogen-bond acceptors (Lipinski definition) is 7. The lowest BCUT2D eigenvalue weighted by molar-refractivity contribution is -0.125. The number of piperidine rings is 1. The van der Waals surface area contributed by atoms with Crippen LogP contribution in [0.2, 0.25) is 0 Å². The van der Waals surface area contributed by atoms with E-state index < -0.39 is 16.8 Å². The van der Waals surface area contributed by atoms with Crippen LogP contribution in [0.15, 0.2) is 48.8 Å². The highest BCUT2D eigenvalue weighted by Crippen LogP contribution is 2.65. The van der Waals surface area contributed by atoms with E-state index in [9.17, 15) is 18.4 Å². The largest absolute Gasteiger partial charge is 0.355 e. The van der Waals surface area contributed by atoms with Gasteiger partial charge in [-0.2, -0.15) is 0 Å². The van der Waals surface area contributed by atoms with Gasteiger partial charge in [-0.15, -0.1) is 0 Å². The van der Waals surface area contributed by atoms with Crippen molar-refractivity contribution in [3.63, 3.8) is 0 Å². The summed E-state index contributed by atoms with van der Waals surface area (Å²) in [5.41, 5.74) is 6.14. The van der Waals surface area contributed by atoms with Crippen molar-refractivity contribution in [1.82, 2.24) is 30.1 Å². The zero-order valence-electron chi connectivity index (χ0n) is 30.9. The second-order valence-corrected chi connectivity index (χ2v) is 16.3. The second kappa shape index (κ2) is 12.3. The SMILES string of the molecule is CC[C@H](C)n1cnc2cc(-c3ccc4c(c3)N(C3CC(N5CC[C@]6(C5)CC6(F)F)C3)C(=O)C43CCNCC3)nc(Nc3ccc(C)c(C(=O)NC)c3)c21. The van der Waals surface area contributed by atoms with Crippen LogP contribution in [0.25, 0.3) is 22.3 Å². The fraction of sp³-hybridized carbons (Fsp3) is 0.512. The van der Waals surface area contributed by atoms with Crippen LogP contribution >= 0.6 is 0 Å². The Labute approximate surface area is 308 Å². The summed E-state index contributed by atoms with van der Waals surface area (Å²) in [4.78, 5) is 41.7. The van der Waals surface area contributed by atoms with E-state index in [0.717, 1.165) is 90.0 Å². The zero-order chi connectivity index (χ0) is 36.9. The summed E-state index contributed by atoms with van der Waals surface area (Å²) in [6.45, 7) is 8.96. The molecule has 2 atom stereocenters. The van der Waals surface area contributed by atoms with Crippen LogP contribution in [0.1, 0.15) is 86.3 Å². The van der Waals surface area contributed by atoms with E-state index in [4.69, 9.17) is 9.97 Å². The average Bonchev–Trinajstić information content (AvgIpc) is 3.53. The summed E-state index contributed by atoms with van der Waals surface area (Å²) >= 11 is 0. The van der Waals surface area contributed by atoms with Gasteiger partial charge < -0.3 is 25.4 Å². The van der Waals surface area contributed by atoms with Crippen LogP contribution in [0.4, 0.5) is 26.0 Å². The third-order valence-corrected chi connectivity index (χ3v) is 13.3. The number of benzene rings is 2. The molecule has 2 aromatic heterocycles. The second-order valence-electron chi connectivity index (χ2n) is 16.3. The van der Waals surface area contributed by atoms with Crippen molar-refractivity contribution in [2.75, 3.05) is 43.4 Å². The molecule has 2 aliphatic carbocycles. The Balaban J connectivity index is 1.08. The Morgan fingerprint density at radius 3 is 2.55 bits per heavy atom. The van der Waals surface area contributed by atoms with Crippen molar-refractivity contribution in [2.24, 2.45) is 5.41 Å². The number of aromatic nitrogens is 3. The molecule has 4 fully saturated rings. The van der Waals surface area contributed by atoms with Gasteiger partial charge in [-0.1, -0.05) is 25.1 Å². The first-order valence-corrected chi connectivity index (χ1v) is 19.3. The molecule has 0 bridgehead atoms. The Kier molecular flexibility index (Phi) is 7.98. The van der Waals surface area contributed by atoms with Gasteiger partial charge in [0.1, 0.15) is 5.52 Å². The molecule has 2 aromatic carbocycles. The van der Waals surface area contributed by atoms with Gasteiger partial charge in [0.15, 0.2) is 5.82 Å². The van der Waals surface area contributed by atoms with Crippen molar-refractivity contribution < 1.29 is 18.4 Å². The number of hydrogen-bond donors (Lipinski definition) is 3. The quantitative estimate of drug-likeness (QED) is 0.186. The standard InChI is InChI=1S/C41H48F2N8O2/c1-5-25(3)50-23-46-33-20-32(48-36(35(33)50)47-27-8-6-24(2)30(17-27)37(52)44-4)26-7-9-31-34(16-26)51(38(53)40(31)10-13-45-14-11-40)29-18-28(19-29)49-15-12-39(22-49)21-41(39,42)43/h6-9,16-17,20,23,25,28-29,45H,5,10-15,18-19,21-22H2,1-4H3,(H,44,52)(H,47,48)/t25-,28?,29?,39+/m0/s1. The number of amides is 2. The van der Waals surface area contributed by atoms with Crippen molar-refractivity contribution in [3.05, 3.63) is 65.5 Å². The molecule has 2 saturated heterocycles. The minimum Gasteiger partial charge on any atom is -0.355 e. The fourth-order valence-corrected chi connectivity index (χ4v) is 9.60. The lowest BCUT2D eigenvalue weighted by atomic mass is 9.74. The maximum atomic E-state index is 14.6. The number of rotatable bonds is 8. The average molecular weight is 723 g/mol. The molecule has 2 spiro atoms. The number of likely N-dealkylation sites (tertiary alicyclic amines) is 1. The summed E-state index contributed by atoms with van der Waals surface area (Å²) in [6, 6.07) is 14.5. The van der Waals surface area contributed by atoms with Gasteiger partial charge in [0, 0.05) is 60.6 Å². The number of anilines is 3. The molecule has 12 heteroatoms. The normalized spacial score (nSPS) is 26.2. The van der Waals surface area contributed by atoms with Crippen molar-refractivity contribution >= 4 is 40.0 Å². The molecule has 2 saturated carbocycles. The fourth-order valence-electron chi connectivity index (χ4n) is 9.60. The zero-order valence-corrected chi connectivity index (χ0v) is 30.9. The van der Waals surface area contributed by atoms with Gasteiger partial charge in [0.2, 0.25) is 5.91 Å². The third kappa shape index (κ3) is 5.30. The Bertz CT molecular complexity index is 2140. The topological polar surface area (TPSA) is 107 Å². The van der Waals surface area contributed by atoms with Crippen molar-refractivity contribution in [2.45, 2.75) is 95.2 Å². The number of carbonyl (C=O) groups is 2. The summed E-state index contributed by atoms with van der Waals surface area (Å²) < 4.78 is 30.6. The molecule has 5 heterocycles. The van der Waals surface area contributed by atoms with Gasteiger partial charge >= 0.3 is 0 Å². The first-order valence-electron chi connectivity index (χ1n) is 19.3. The summed E-state index contributed by atoms with van der Waals surface area (Å²) in [5.74, 6) is -1.87. The van der Waals surface area contributed by atoms with E-state index >= 15 is 0 Å². The maximum Gasteiger partial charge on any atom is 0.255 e. The third-order valence-electron chi connectivity index (χ3n) is 13.3. The van der Waals surface area contributed by atoms with Crippen LogP contribution in [-0.4, -0.2) is 82.5 Å². The molecule has 0 radical (unpaired) electrons. The van der Waals surface area contributed by atoms with Crippen molar-refractivity contribution in [3.8, 4) is 11.3 Å². The maximum absolute atomic E-state index is 14.6. The highest BCUT2D eigenvalue weighted by molar-refractivity contribution is 6.09. The number of nitrogens with zero attached hydrogens (tertiary/aromatic N) is 5. The van der Waals surface area contributed by atoms with E-state index in [0.29, 0.717) is 30.9 Å². The van der Waals surface area contributed by atoms with E-state index in [1.165, 1.54) is 0 Å². The highest BCUT2D eigenvalue weighted by atomic mass is 19.3. The van der Waals surface area contributed by atoms with Gasteiger partial charge in [-0.25, -0.2) is 18.7 Å². The number of pyridine rings is 1. The molecule has 9 rings (SSSR count). The van der Waals surface area contributed by atoms with Gasteiger partial charge in [0.25, 0.3) is 11.8 Å². The molecular formula is C41H48F2N8O2. The molecule has 53 heavy (non-hydrogen) atoms. The van der Waals surface area contributed by atoms with E-state index in [1.807, 2.05) is 37.5 Å².